The molecule has 0 radical (unpaired) electrons. The van der Waals surface area contributed by atoms with Gasteiger partial charge in [0.25, 0.3) is 12.6 Å². The largest absolute Gasteiger partial charge is 0.508 e. The third-order valence-corrected chi connectivity index (χ3v) is 10.7. The SMILES string of the molecule is CCCCCC#COC(CCCCC(=O)OCC(COC(=O)CCCCC(OC#CCCCCC)OC#CCCCCC)COC(=O)OCC1CCCN(CC)C1)OC#CCCCCC. The van der Waals surface area contributed by atoms with E-state index in [0.29, 0.717) is 38.5 Å². The van der Waals surface area contributed by atoms with E-state index in [1.165, 1.54) is 0 Å². The van der Waals surface area contributed by atoms with Crippen molar-refractivity contribution in [3.8, 4) is 48.1 Å². The van der Waals surface area contributed by atoms with Crippen molar-refractivity contribution in [2.24, 2.45) is 11.8 Å². The summed E-state index contributed by atoms with van der Waals surface area (Å²) in [4.78, 5) is 40.7. The zero-order valence-electron chi connectivity index (χ0n) is 41.1. The molecule has 0 N–H and O–H groups in total. The number of ether oxygens (including phenoxy) is 8. The summed E-state index contributed by atoms with van der Waals surface area (Å²) in [5.41, 5.74) is 0. The summed E-state index contributed by atoms with van der Waals surface area (Å²) < 4.78 is 44.8. The van der Waals surface area contributed by atoms with E-state index in [1.54, 1.807) is 0 Å². The fourth-order valence-electron chi connectivity index (χ4n) is 6.63. The number of esters is 2. The number of nitrogens with zero attached hydrogens (tertiary/aromatic N) is 1. The highest BCUT2D eigenvalue weighted by Crippen LogP contribution is 2.17. The standard InChI is InChI=1S/C53H85NO11/c1-6-11-15-19-27-38-58-51(59-39-28-20-16-12-7-2)35-25-23-33-49(55)62-44-48(46-65-53(57)64-43-47-32-31-37-54(10-5)42-47)45-63-50(56)34-24-26-36-52(60-40-29-21-17-13-8-3)61-41-30-22-18-14-9-4/h47-48,51-52H,6-26,31-37,42-46H2,1-5H3. The maximum absolute atomic E-state index is 12.9. The van der Waals surface area contributed by atoms with Crippen LogP contribution in [0.2, 0.25) is 0 Å². The molecule has 0 aromatic carbocycles. The molecule has 1 heterocycles. The molecule has 1 aliphatic rings. The Balaban J connectivity index is 2.72. The maximum atomic E-state index is 12.9. The van der Waals surface area contributed by atoms with Crippen LogP contribution in [0.4, 0.5) is 4.79 Å². The molecule has 12 heteroatoms. The number of hydrogen-bond donors (Lipinski definition) is 0. The van der Waals surface area contributed by atoms with Crippen LogP contribution in [0.3, 0.4) is 0 Å². The molecule has 65 heavy (non-hydrogen) atoms. The number of piperidine rings is 1. The van der Waals surface area contributed by atoms with Crippen molar-refractivity contribution in [3.05, 3.63) is 0 Å². The van der Waals surface area contributed by atoms with Gasteiger partial charge in [-0.2, -0.15) is 0 Å². The highest BCUT2D eigenvalue weighted by molar-refractivity contribution is 5.69. The van der Waals surface area contributed by atoms with Crippen LogP contribution in [-0.2, 0) is 47.5 Å². The first-order chi connectivity index (χ1) is 31.8. The third kappa shape index (κ3) is 36.5. The summed E-state index contributed by atoms with van der Waals surface area (Å²) in [6.45, 7) is 13.5. The average Bonchev–Trinajstić information content (AvgIpc) is 3.31. The fraction of sp³-hybridized carbons (Fsp3) is 0.792. The summed E-state index contributed by atoms with van der Waals surface area (Å²) in [5, 5.41) is 0. The van der Waals surface area contributed by atoms with Gasteiger partial charge >= 0.3 is 18.1 Å². The van der Waals surface area contributed by atoms with E-state index in [-0.39, 0.29) is 45.2 Å². The number of unbranched alkanes of at least 4 members (excludes halogenated alkanes) is 14. The Morgan fingerprint density at radius 1 is 0.523 bits per heavy atom. The van der Waals surface area contributed by atoms with Crippen LogP contribution in [-0.4, -0.2) is 81.6 Å². The summed E-state index contributed by atoms with van der Waals surface area (Å²) >= 11 is 0. The molecule has 0 bridgehead atoms. The first kappa shape index (κ1) is 58.6. The zero-order chi connectivity index (χ0) is 47.3. The Morgan fingerprint density at radius 3 is 1.34 bits per heavy atom. The van der Waals surface area contributed by atoms with Gasteiger partial charge in [-0.1, -0.05) is 110 Å². The van der Waals surface area contributed by atoms with E-state index < -0.39 is 36.6 Å². The summed E-state index contributed by atoms with van der Waals surface area (Å²) in [6.07, 6.45) is 30.8. The second kappa shape index (κ2) is 43.5. The summed E-state index contributed by atoms with van der Waals surface area (Å²) in [7, 11) is 0. The Hall–Kier alpha value is -4.39. The minimum absolute atomic E-state index is 0.0983. The number of hydrogen-bond acceptors (Lipinski definition) is 12. The lowest BCUT2D eigenvalue weighted by Gasteiger charge is -2.31. The Bertz CT molecular complexity index is 1320. The molecule has 12 nitrogen and oxygen atoms in total. The Kier molecular flexibility index (Phi) is 39.2. The number of carbonyl (C=O) groups is 3. The molecule has 1 unspecified atom stereocenters. The van der Waals surface area contributed by atoms with Gasteiger partial charge in [0.1, 0.15) is 44.2 Å². The lowest BCUT2D eigenvalue weighted by atomic mass is 9.99. The van der Waals surface area contributed by atoms with Gasteiger partial charge in [-0.15, -0.1) is 0 Å². The number of likely N-dealkylation sites (tertiary alicyclic amines) is 1. The van der Waals surface area contributed by atoms with Crippen molar-refractivity contribution >= 4 is 18.1 Å². The molecule has 0 saturated carbocycles. The number of rotatable bonds is 35. The molecular weight excluding hydrogens is 827 g/mol. The minimum Gasteiger partial charge on any atom is -0.465 e. The smallest absolute Gasteiger partial charge is 0.465 e. The van der Waals surface area contributed by atoms with Crippen LogP contribution in [0.25, 0.3) is 0 Å². The molecular formula is C53H85NO11. The molecule has 0 amide bonds. The van der Waals surface area contributed by atoms with Gasteiger partial charge in [0, 0.05) is 63.8 Å². The van der Waals surface area contributed by atoms with Gasteiger partial charge in [0.15, 0.2) is 0 Å². The van der Waals surface area contributed by atoms with Crippen LogP contribution < -0.4 is 0 Å². The predicted molar refractivity (Wildman–Crippen MR) is 254 cm³/mol. The highest BCUT2D eigenvalue weighted by atomic mass is 16.7. The van der Waals surface area contributed by atoms with Crippen molar-refractivity contribution in [2.45, 2.75) is 214 Å². The molecule has 0 aromatic heterocycles. The van der Waals surface area contributed by atoms with Crippen LogP contribution in [0, 0.1) is 59.9 Å². The maximum Gasteiger partial charge on any atom is 0.508 e. The Morgan fingerprint density at radius 2 is 0.938 bits per heavy atom. The lowest BCUT2D eigenvalue weighted by Crippen LogP contribution is -2.37. The van der Waals surface area contributed by atoms with Crippen molar-refractivity contribution < 1.29 is 52.3 Å². The minimum atomic E-state index is -0.799. The number of carbonyl (C=O) groups excluding carboxylic acids is 3. The van der Waals surface area contributed by atoms with Gasteiger partial charge in [-0.05, 0) is 77.3 Å². The summed E-state index contributed by atoms with van der Waals surface area (Å²) in [5.74, 6) is 11.0. The molecule has 368 valence electrons. The molecule has 1 fully saturated rings. The van der Waals surface area contributed by atoms with Crippen molar-refractivity contribution in [1.82, 2.24) is 4.90 Å². The first-order valence-electron chi connectivity index (χ1n) is 25.2. The molecule has 1 saturated heterocycles. The normalized spacial score (nSPS) is 13.2. The van der Waals surface area contributed by atoms with Crippen LogP contribution in [0.1, 0.15) is 202 Å². The van der Waals surface area contributed by atoms with Crippen LogP contribution in [0.15, 0.2) is 0 Å². The second-order valence-corrected chi connectivity index (χ2v) is 16.8. The molecule has 1 rings (SSSR count). The summed E-state index contributed by atoms with van der Waals surface area (Å²) in [6, 6.07) is 0. The lowest BCUT2D eigenvalue weighted by molar-refractivity contribution is -0.150. The molecule has 0 aliphatic carbocycles. The fourth-order valence-corrected chi connectivity index (χ4v) is 6.63. The zero-order valence-corrected chi connectivity index (χ0v) is 41.1. The Labute approximate surface area is 394 Å². The van der Waals surface area contributed by atoms with Crippen LogP contribution in [0.5, 0.6) is 0 Å². The van der Waals surface area contributed by atoms with Gasteiger partial charge in [0.2, 0.25) is 0 Å². The highest BCUT2D eigenvalue weighted by Gasteiger charge is 2.22. The van der Waals surface area contributed by atoms with Crippen molar-refractivity contribution in [3.63, 3.8) is 0 Å². The monoisotopic (exact) mass is 912 g/mol. The van der Waals surface area contributed by atoms with Crippen LogP contribution >= 0.6 is 0 Å². The van der Waals surface area contributed by atoms with E-state index >= 15 is 0 Å². The van der Waals surface area contributed by atoms with Crippen molar-refractivity contribution in [2.75, 3.05) is 46.1 Å². The van der Waals surface area contributed by atoms with E-state index in [4.69, 9.17) is 37.9 Å². The first-order valence-corrected chi connectivity index (χ1v) is 25.2. The molecule has 1 aliphatic heterocycles. The van der Waals surface area contributed by atoms with E-state index in [2.05, 4.69) is 87.6 Å². The molecule has 0 spiro atoms. The van der Waals surface area contributed by atoms with Crippen molar-refractivity contribution in [1.29, 1.82) is 0 Å². The van der Waals surface area contributed by atoms with E-state index in [9.17, 15) is 14.4 Å². The van der Waals surface area contributed by atoms with E-state index in [1.807, 2.05) is 0 Å². The van der Waals surface area contributed by atoms with Gasteiger partial charge in [-0.3, -0.25) is 9.59 Å². The predicted octanol–water partition coefficient (Wildman–Crippen LogP) is 11.6. The topological polar surface area (TPSA) is 128 Å². The third-order valence-electron chi connectivity index (χ3n) is 10.7. The second-order valence-electron chi connectivity index (χ2n) is 16.8. The van der Waals surface area contributed by atoms with Gasteiger partial charge in [0.05, 0.1) is 12.5 Å². The molecule has 1 atom stereocenters. The van der Waals surface area contributed by atoms with Gasteiger partial charge in [-0.25, -0.2) is 4.79 Å². The molecule has 0 aromatic rings. The quantitative estimate of drug-likeness (QED) is 0.0197. The van der Waals surface area contributed by atoms with E-state index in [0.717, 1.165) is 135 Å². The average molecular weight is 912 g/mol. The van der Waals surface area contributed by atoms with Gasteiger partial charge < -0.3 is 42.8 Å².